The number of hydrogen-bond acceptors (Lipinski definition) is 7. The summed E-state index contributed by atoms with van der Waals surface area (Å²) in [4.78, 5) is 12.5. The van der Waals surface area contributed by atoms with Crippen LogP contribution in [0.25, 0.3) is 0 Å². The quantitative estimate of drug-likeness (QED) is 0.459. The second kappa shape index (κ2) is 7.66. The van der Waals surface area contributed by atoms with Crippen LogP contribution in [0.3, 0.4) is 0 Å². The van der Waals surface area contributed by atoms with Crippen LogP contribution in [0, 0.1) is 0 Å². The number of thioether (sulfide) groups is 1. The molecule has 0 amide bonds. The van der Waals surface area contributed by atoms with Crippen LogP contribution in [0.4, 0.5) is 5.95 Å². The zero-order chi connectivity index (χ0) is 14.2. The molecular formula is C13H17N5OS. The number of nitrogens with two attached hydrogens (primary N) is 1. The predicted molar refractivity (Wildman–Crippen MR) is 79.4 cm³/mol. The van der Waals surface area contributed by atoms with Gasteiger partial charge < -0.3 is 4.74 Å². The maximum absolute atomic E-state index is 5.42. The second-order valence-electron chi connectivity index (χ2n) is 3.99. The van der Waals surface area contributed by atoms with Crippen LogP contribution in [-0.2, 0) is 5.75 Å². The summed E-state index contributed by atoms with van der Waals surface area (Å²) in [5.41, 5.74) is 3.63. The van der Waals surface area contributed by atoms with E-state index >= 15 is 0 Å². The van der Waals surface area contributed by atoms with E-state index in [-0.39, 0.29) is 0 Å². The Morgan fingerprint density at radius 3 is 2.70 bits per heavy atom. The zero-order valence-electron chi connectivity index (χ0n) is 11.2. The van der Waals surface area contributed by atoms with Crippen LogP contribution >= 0.6 is 11.8 Å². The fourth-order valence-corrected chi connectivity index (χ4v) is 2.23. The van der Waals surface area contributed by atoms with Gasteiger partial charge in [0.05, 0.1) is 6.61 Å². The minimum Gasteiger partial charge on any atom is -0.463 e. The molecule has 6 nitrogen and oxygen atoms in total. The molecule has 7 heteroatoms. The van der Waals surface area contributed by atoms with Crippen molar-refractivity contribution >= 4 is 17.7 Å². The van der Waals surface area contributed by atoms with Crippen molar-refractivity contribution in [2.75, 3.05) is 12.0 Å². The van der Waals surface area contributed by atoms with Gasteiger partial charge in [-0.05, 0) is 12.0 Å². The van der Waals surface area contributed by atoms with Crippen molar-refractivity contribution in [3.63, 3.8) is 0 Å². The Morgan fingerprint density at radius 1 is 1.20 bits per heavy atom. The monoisotopic (exact) mass is 291 g/mol. The molecule has 1 aromatic heterocycles. The van der Waals surface area contributed by atoms with Gasteiger partial charge in [-0.2, -0.15) is 15.0 Å². The molecule has 1 aromatic carbocycles. The average Bonchev–Trinajstić information content (AvgIpc) is 2.51. The molecule has 0 unspecified atom stereocenters. The van der Waals surface area contributed by atoms with Gasteiger partial charge in [0.1, 0.15) is 0 Å². The van der Waals surface area contributed by atoms with E-state index in [0.717, 1.165) is 12.2 Å². The number of rotatable bonds is 7. The van der Waals surface area contributed by atoms with Crippen LogP contribution in [0.1, 0.15) is 18.9 Å². The SMILES string of the molecule is CCCOc1nc(NN)nc(SCc2ccccc2)n1. The van der Waals surface area contributed by atoms with Crippen LogP contribution in [0.15, 0.2) is 35.5 Å². The highest BCUT2D eigenvalue weighted by molar-refractivity contribution is 7.98. The number of ether oxygens (including phenoxy) is 1. The third-order valence-electron chi connectivity index (χ3n) is 2.37. The summed E-state index contributed by atoms with van der Waals surface area (Å²) < 4.78 is 5.42. The number of nitrogen functional groups attached to an aromatic ring is 1. The van der Waals surface area contributed by atoms with E-state index in [1.165, 1.54) is 17.3 Å². The number of anilines is 1. The summed E-state index contributed by atoms with van der Waals surface area (Å²) in [6, 6.07) is 10.4. The van der Waals surface area contributed by atoms with E-state index in [1.807, 2.05) is 25.1 Å². The van der Waals surface area contributed by atoms with Crippen molar-refractivity contribution in [3.05, 3.63) is 35.9 Å². The molecule has 0 atom stereocenters. The Kier molecular flexibility index (Phi) is 5.57. The van der Waals surface area contributed by atoms with Gasteiger partial charge in [-0.3, -0.25) is 5.43 Å². The molecule has 0 fully saturated rings. The van der Waals surface area contributed by atoms with E-state index < -0.39 is 0 Å². The van der Waals surface area contributed by atoms with Gasteiger partial charge in [0.2, 0.25) is 5.95 Å². The van der Waals surface area contributed by atoms with Gasteiger partial charge >= 0.3 is 6.01 Å². The molecular weight excluding hydrogens is 274 g/mol. The number of nitrogens with one attached hydrogen (secondary N) is 1. The highest BCUT2D eigenvalue weighted by Crippen LogP contribution is 2.21. The second-order valence-corrected chi connectivity index (χ2v) is 4.93. The summed E-state index contributed by atoms with van der Waals surface area (Å²) in [5.74, 6) is 6.44. The van der Waals surface area contributed by atoms with Crippen molar-refractivity contribution in [2.45, 2.75) is 24.3 Å². The third-order valence-corrected chi connectivity index (χ3v) is 3.29. The first-order valence-corrected chi connectivity index (χ1v) is 7.32. The van der Waals surface area contributed by atoms with Gasteiger partial charge in [0.15, 0.2) is 5.16 Å². The van der Waals surface area contributed by atoms with Crippen molar-refractivity contribution in [1.29, 1.82) is 0 Å². The molecule has 0 bridgehead atoms. The van der Waals surface area contributed by atoms with Crippen molar-refractivity contribution in [2.24, 2.45) is 5.84 Å². The molecule has 0 spiro atoms. The van der Waals surface area contributed by atoms with E-state index in [9.17, 15) is 0 Å². The molecule has 0 aliphatic carbocycles. The number of benzene rings is 1. The van der Waals surface area contributed by atoms with E-state index in [2.05, 4.69) is 32.5 Å². The fraction of sp³-hybridized carbons (Fsp3) is 0.308. The van der Waals surface area contributed by atoms with Crippen LogP contribution < -0.4 is 16.0 Å². The lowest BCUT2D eigenvalue weighted by molar-refractivity contribution is 0.288. The number of hydrogen-bond donors (Lipinski definition) is 2. The van der Waals surface area contributed by atoms with E-state index in [0.29, 0.717) is 23.7 Å². The molecule has 106 valence electrons. The first-order chi connectivity index (χ1) is 9.81. The van der Waals surface area contributed by atoms with Crippen molar-refractivity contribution < 1.29 is 4.74 Å². The van der Waals surface area contributed by atoms with E-state index in [1.54, 1.807) is 0 Å². The summed E-state index contributed by atoms with van der Waals surface area (Å²) >= 11 is 1.51. The number of hydrazine groups is 1. The van der Waals surface area contributed by atoms with Crippen molar-refractivity contribution in [1.82, 2.24) is 15.0 Å². The Morgan fingerprint density at radius 2 is 2.00 bits per heavy atom. The topological polar surface area (TPSA) is 86.0 Å². The molecule has 1 heterocycles. The zero-order valence-corrected chi connectivity index (χ0v) is 12.1. The summed E-state index contributed by atoms with van der Waals surface area (Å²) in [7, 11) is 0. The van der Waals surface area contributed by atoms with Crippen LogP contribution in [0.5, 0.6) is 6.01 Å². The third kappa shape index (κ3) is 4.36. The Labute approximate surface area is 122 Å². The minimum absolute atomic E-state index is 0.297. The fourth-order valence-electron chi connectivity index (χ4n) is 1.45. The maximum atomic E-state index is 5.42. The predicted octanol–water partition coefficient (Wildman–Crippen LogP) is 2.24. The molecule has 3 N–H and O–H groups in total. The molecule has 2 aromatic rings. The van der Waals surface area contributed by atoms with Crippen LogP contribution in [0.2, 0.25) is 0 Å². The van der Waals surface area contributed by atoms with Gasteiger partial charge in [-0.1, -0.05) is 49.0 Å². The lowest BCUT2D eigenvalue weighted by Crippen LogP contribution is -2.13. The first kappa shape index (κ1) is 14.5. The largest absolute Gasteiger partial charge is 0.463 e. The summed E-state index contributed by atoms with van der Waals surface area (Å²) in [6.07, 6.45) is 0.892. The Hall–Kier alpha value is -1.86. The summed E-state index contributed by atoms with van der Waals surface area (Å²) in [5, 5.41) is 0.586. The highest BCUT2D eigenvalue weighted by Gasteiger charge is 2.07. The molecule has 0 saturated carbocycles. The van der Waals surface area contributed by atoms with Gasteiger partial charge in [0, 0.05) is 5.75 Å². The number of aromatic nitrogens is 3. The van der Waals surface area contributed by atoms with Gasteiger partial charge in [0.25, 0.3) is 0 Å². The van der Waals surface area contributed by atoms with Crippen LogP contribution in [-0.4, -0.2) is 21.6 Å². The average molecular weight is 291 g/mol. The van der Waals surface area contributed by atoms with E-state index in [4.69, 9.17) is 10.6 Å². The molecule has 0 aliphatic heterocycles. The highest BCUT2D eigenvalue weighted by atomic mass is 32.2. The molecule has 0 radical (unpaired) electrons. The maximum Gasteiger partial charge on any atom is 0.322 e. The first-order valence-electron chi connectivity index (χ1n) is 6.34. The Bertz CT molecular complexity index is 538. The summed E-state index contributed by atoms with van der Waals surface area (Å²) in [6.45, 7) is 2.59. The van der Waals surface area contributed by atoms with Gasteiger partial charge in [-0.25, -0.2) is 5.84 Å². The minimum atomic E-state index is 0.297. The molecule has 2 rings (SSSR count). The molecule has 0 saturated heterocycles. The van der Waals surface area contributed by atoms with Gasteiger partial charge in [-0.15, -0.1) is 0 Å². The lowest BCUT2D eigenvalue weighted by atomic mass is 10.2. The molecule has 0 aliphatic rings. The van der Waals surface area contributed by atoms with Crippen molar-refractivity contribution in [3.8, 4) is 6.01 Å². The lowest BCUT2D eigenvalue weighted by Gasteiger charge is -2.07. The smallest absolute Gasteiger partial charge is 0.322 e. The number of nitrogens with zero attached hydrogens (tertiary/aromatic N) is 3. The molecule has 20 heavy (non-hydrogen) atoms. The Balaban J connectivity index is 2.06. The standard InChI is InChI=1S/C13H17N5OS/c1-2-8-19-12-15-11(18-14)16-13(17-12)20-9-10-6-4-3-5-7-10/h3-7H,2,8-9,14H2,1H3,(H,15,16,17,18). The normalized spacial score (nSPS) is 10.3.